The van der Waals surface area contributed by atoms with Crippen molar-refractivity contribution < 1.29 is 19.1 Å². The highest BCUT2D eigenvalue weighted by atomic mass is 16.5. The third kappa shape index (κ3) is 2.53. The SMILES string of the molecule is CC.O=COCc1coc2cc(O)ccc12. The zero-order valence-corrected chi connectivity index (χ0v) is 9.27. The molecule has 1 N–H and O–H groups in total. The molecular weight excluding hydrogens is 208 g/mol. The van der Waals surface area contributed by atoms with Gasteiger partial charge in [0.25, 0.3) is 6.47 Å². The summed E-state index contributed by atoms with van der Waals surface area (Å²) in [6.45, 7) is 4.57. The molecule has 0 radical (unpaired) electrons. The molecule has 0 atom stereocenters. The van der Waals surface area contributed by atoms with E-state index < -0.39 is 0 Å². The predicted octanol–water partition coefficient (Wildman–Crippen LogP) is 2.84. The van der Waals surface area contributed by atoms with Crippen LogP contribution in [0, 0.1) is 0 Å². The van der Waals surface area contributed by atoms with Crippen LogP contribution in [0.3, 0.4) is 0 Å². The number of fused-ring (bicyclic) bond motifs is 1. The van der Waals surface area contributed by atoms with Gasteiger partial charge >= 0.3 is 0 Å². The maximum Gasteiger partial charge on any atom is 0.293 e. The number of benzene rings is 1. The van der Waals surface area contributed by atoms with Gasteiger partial charge in [0.2, 0.25) is 0 Å². The summed E-state index contributed by atoms with van der Waals surface area (Å²) in [6, 6.07) is 4.79. The Labute approximate surface area is 93.4 Å². The zero-order chi connectivity index (χ0) is 12.0. The minimum Gasteiger partial charge on any atom is -0.508 e. The van der Waals surface area contributed by atoms with Crippen LogP contribution in [0.1, 0.15) is 19.4 Å². The van der Waals surface area contributed by atoms with Crippen molar-refractivity contribution in [2.45, 2.75) is 20.5 Å². The maximum absolute atomic E-state index is 10.00. The first kappa shape index (κ1) is 12.1. The number of hydrogen-bond acceptors (Lipinski definition) is 4. The number of rotatable bonds is 3. The van der Waals surface area contributed by atoms with Gasteiger partial charge in [-0.15, -0.1) is 0 Å². The number of furan rings is 1. The molecule has 0 spiro atoms. The molecule has 1 heterocycles. The van der Waals surface area contributed by atoms with Crippen LogP contribution >= 0.6 is 0 Å². The molecular formula is C12H14O4. The van der Waals surface area contributed by atoms with E-state index in [1.165, 1.54) is 12.3 Å². The lowest BCUT2D eigenvalue weighted by Gasteiger charge is -1.95. The number of carbonyl (C=O) groups excluding carboxylic acids is 1. The van der Waals surface area contributed by atoms with E-state index in [1.54, 1.807) is 12.1 Å². The van der Waals surface area contributed by atoms with E-state index in [0.29, 0.717) is 12.1 Å². The van der Waals surface area contributed by atoms with Gasteiger partial charge in [0, 0.05) is 17.0 Å². The fourth-order valence-corrected chi connectivity index (χ4v) is 1.31. The van der Waals surface area contributed by atoms with Gasteiger partial charge in [-0.3, -0.25) is 4.79 Å². The summed E-state index contributed by atoms with van der Waals surface area (Å²) >= 11 is 0. The minimum atomic E-state index is 0.148. The second-order valence-electron chi connectivity index (χ2n) is 2.85. The fourth-order valence-electron chi connectivity index (χ4n) is 1.31. The van der Waals surface area contributed by atoms with E-state index in [1.807, 2.05) is 13.8 Å². The number of aromatic hydroxyl groups is 1. The van der Waals surface area contributed by atoms with Crippen molar-refractivity contribution in [1.29, 1.82) is 0 Å². The quantitative estimate of drug-likeness (QED) is 0.811. The average molecular weight is 222 g/mol. The molecule has 16 heavy (non-hydrogen) atoms. The molecule has 0 aliphatic carbocycles. The monoisotopic (exact) mass is 222 g/mol. The summed E-state index contributed by atoms with van der Waals surface area (Å²) in [7, 11) is 0. The molecule has 4 nitrogen and oxygen atoms in total. The Hall–Kier alpha value is -1.97. The van der Waals surface area contributed by atoms with Crippen molar-refractivity contribution in [1.82, 2.24) is 0 Å². The number of ether oxygens (including phenoxy) is 1. The van der Waals surface area contributed by atoms with Crippen LogP contribution in [-0.4, -0.2) is 11.6 Å². The standard InChI is InChI=1S/C10H8O4.C2H6/c11-6-13-4-7-5-14-10-3-8(12)1-2-9(7)10;1-2/h1-3,5-6,12H,4H2;1-2H3. The Morgan fingerprint density at radius 3 is 2.88 bits per heavy atom. The van der Waals surface area contributed by atoms with Gasteiger partial charge in [-0.1, -0.05) is 13.8 Å². The van der Waals surface area contributed by atoms with Gasteiger partial charge in [0.05, 0.1) is 6.26 Å². The third-order valence-electron chi connectivity index (χ3n) is 1.95. The van der Waals surface area contributed by atoms with Crippen LogP contribution in [0.15, 0.2) is 28.9 Å². The molecule has 0 aliphatic heterocycles. The molecule has 0 aliphatic rings. The molecule has 0 saturated carbocycles. The highest BCUT2D eigenvalue weighted by molar-refractivity contribution is 5.82. The van der Waals surface area contributed by atoms with Crippen LogP contribution in [-0.2, 0) is 16.1 Å². The second kappa shape index (κ2) is 5.80. The number of hydrogen-bond donors (Lipinski definition) is 1. The Morgan fingerprint density at radius 1 is 1.44 bits per heavy atom. The van der Waals surface area contributed by atoms with Crippen molar-refractivity contribution in [3.05, 3.63) is 30.0 Å². The van der Waals surface area contributed by atoms with Gasteiger partial charge in [-0.05, 0) is 12.1 Å². The van der Waals surface area contributed by atoms with Crippen LogP contribution in [0.4, 0.5) is 0 Å². The van der Waals surface area contributed by atoms with Gasteiger partial charge < -0.3 is 14.3 Å². The molecule has 0 saturated heterocycles. The summed E-state index contributed by atoms with van der Waals surface area (Å²) in [4.78, 5) is 10.00. The van der Waals surface area contributed by atoms with E-state index in [4.69, 9.17) is 9.52 Å². The van der Waals surface area contributed by atoms with Gasteiger partial charge in [-0.25, -0.2) is 0 Å². The summed E-state index contributed by atoms with van der Waals surface area (Å²) in [6.07, 6.45) is 1.51. The van der Waals surface area contributed by atoms with E-state index >= 15 is 0 Å². The molecule has 1 aromatic heterocycles. The van der Waals surface area contributed by atoms with E-state index in [2.05, 4.69) is 4.74 Å². The largest absolute Gasteiger partial charge is 0.508 e. The lowest BCUT2D eigenvalue weighted by atomic mass is 10.2. The highest BCUT2D eigenvalue weighted by Crippen LogP contribution is 2.25. The van der Waals surface area contributed by atoms with E-state index in [0.717, 1.165) is 10.9 Å². The predicted molar refractivity (Wildman–Crippen MR) is 60.1 cm³/mol. The van der Waals surface area contributed by atoms with Gasteiger partial charge in [-0.2, -0.15) is 0 Å². The zero-order valence-electron chi connectivity index (χ0n) is 9.27. The Bertz CT molecular complexity index is 459. The fraction of sp³-hybridized carbons (Fsp3) is 0.250. The van der Waals surface area contributed by atoms with E-state index in [-0.39, 0.29) is 12.4 Å². The van der Waals surface area contributed by atoms with E-state index in [9.17, 15) is 4.79 Å². The number of phenolic OH excluding ortho intramolecular Hbond substituents is 1. The normalized spacial score (nSPS) is 9.38. The Balaban J connectivity index is 0.000000606. The summed E-state index contributed by atoms with van der Waals surface area (Å²) in [5.41, 5.74) is 1.36. The topological polar surface area (TPSA) is 59.7 Å². The first-order chi connectivity index (χ1) is 7.81. The van der Waals surface area contributed by atoms with Crippen molar-refractivity contribution in [3.8, 4) is 5.75 Å². The first-order valence-electron chi connectivity index (χ1n) is 5.05. The third-order valence-corrected chi connectivity index (χ3v) is 1.95. The van der Waals surface area contributed by atoms with Crippen molar-refractivity contribution in [3.63, 3.8) is 0 Å². The smallest absolute Gasteiger partial charge is 0.293 e. The van der Waals surface area contributed by atoms with Gasteiger partial charge in [0.15, 0.2) is 0 Å². The number of phenols is 1. The van der Waals surface area contributed by atoms with Crippen LogP contribution in [0.25, 0.3) is 11.0 Å². The van der Waals surface area contributed by atoms with Crippen molar-refractivity contribution in [2.24, 2.45) is 0 Å². The molecule has 0 bridgehead atoms. The van der Waals surface area contributed by atoms with Gasteiger partial charge in [0.1, 0.15) is 17.9 Å². The Kier molecular flexibility index (Phi) is 4.39. The number of carbonyl (C=O) groups is 1. The molecule has 4 heteroatoms. The lowest BCUT2D eigenvalue weighted by molar-refractivity contribution is -0.129. The summed E-state index contributed by atoms with van der Waals surface area (Å²) < 4.78 is 9.78. The lowest BCUT2D eigenvalue weighted by Crippen LogP contribution is -1.87. The highest BCUT2D eigenvalue weighted by Gasteiger charge is 2.06. The molecule has 1 aromatic carbocycles. The molecule has 0 amide bonds. The van der Waals surface area contributed by atoms with Crippen LogP contribution in [0.5, 0.6) is 5.75 Å². The van der Waals surface area contributed by atoms with Crippen LogP contribution in [0.2, 0.25) is 0 Å². The molecule has 0 unspecified atom stereocenters. The van der Waals surface area contributed by atoms with Crippen LogP contribution < -0.4 is 0 Å². The molecule has 0 fully saturated rings. The second-order valence-corrected chi connectivity index (χ2v) is 2.85. The molecule has 2 aromatic rings. The summed E-state index contributed by atoms with van der Waals surface area (Å²) in [5.74, 6) is 0.148. The molecule has 86 valence electrons. The Morgan fingerprint density at radius 2 is 2.19 bits per heavy atom. The summed E-state index contributed by atoms with van der Waals surface area (Å²) in [5, 5.41) is 10.0. The molecule has 2 rings (SSSR count). The minimum absolute atomic E-state index is 0.148. The van der Waals surface area contributed by atoms with Crippen molar-refractivity contribution in [2.75, 3.05) is 0 Å². The maximum atomic E-state index is 10.00. The average Bonchev–Trinajstić information content (AvgIpc) is 2.71. The first-order valence-corrected chi connectivity index (χ1v) is 5.05. The van der Waals surface area contributed by atoms with Crippen molar-refractivity contribution >= 4 is 17.4 Å².